The lowest BCUT2D eigenvalue weighted by Gasteiger charge is -2.10. The molecule has 0 bridgehead atoms. The lowest BCUT2D eigenvalue weighted by Crippen LogP contribution is -2.10. The predicted molar refractivity (Wildman–Crippen MR) is 106 cm³/mol. The van der Waals surface area contributed by atoms with E-state index in [2.05, 4.69) is 20.3 Å². The van der Waals surface area contributed by atoms with Crippen LogP contribution in [0, 0.1) is 0 Å². The molecular weight excluding hydrogens is 397 g/mol. The van der Waals surface area contributed by atoms with Gasteiger partial charge in [-0.3, -0.25) is 0 Å². The van der Waals surface area contributed by atoms with Crippen molar-refractivity contribution in [1.82, 2.24) is 9.97 Å². The number of nitrogens with one attached hydrogen (secondary N) is 1. The third-order valence-electron chi connectivity index (χ3n) is 4.21. The number of nitrogens with zero attached hydrogens (tertiary/aromatic N) is 3. The van der Waals surface area contributed by atoms with Gasteiger partial charge in [0.25, 0.3) is 0 Å². The van der Waals surface area contributed by atoms with Crippen LogP contribution in [0.4, 0.5) is 13.2 Å². The maximum Gasteiger partial charge on any atom is 0.416 e. The Morgan fingerprint density at radius 1 is 1.10 bits per heavy atom. The standard InChI is InChI=1S/C21H19F3N4O2/c1-14(15-7-5-8-17(12-15)21(22,23)24)27-30-13-16-6-3-4-9-18(16)19(28-29-2)20-25-10-11-26-20/h3-12H,13H2,1-2H3,(H,25,26). The molecule has 3 aromatic rings. The van der Waals surface area contributed by atoms with Crippen molar-refractivity contribution in [2.75, 3.05) is 7.11 Å². The van der Waals surface area contributed by atoms with Gasteiger partial charge in [0.15, 0.2) is 11.5 Å². The summed E-state index contributed by atoms with van der Waals surface area (Å²) in [6.07, 6.45) is -1.15. The van der Waals surface area contributed by atoms with Crippen LogP contribution < -0.4 is 0 Å². The van der Waals surface area contributed by atoms with E-state index in [1.165, 1.54) is 13.2 Å². The number of hydrogen-bond donors (Lipinski definition) is 1. The lowest BCUT2D eigenvalue weighted by molar-refractivity contribution is -0.137. The Morgan fingerprint density at radius 3 is 2.60 bits per heavy atom. The maximum absolute atomic E-state index is 12.9. The van der Waals surface area contributed by atoms with Crippen molar-refractivity contribution in [2.45, 2.75) is 19.7 Å². The van der Waals surface area contributed by atoms with Gasteiger partial charge in [0.05, 0.1) is 11.3 Å². The zero-order valence-corrected chi connectivity index (χ0v) is 16.3. The fraction of sp³-hybridized carbons (Fsp3) is 0.190. The Kier molecular flexibility index (Phi) is 6.51. The maximum atomic E-state index is 12.9. The summed E-state index contributed by atoms with van der Waals surface area (Å²) in [5, 5.41) is 8.02. The number of rotatable bonds is 7. The highest BCUT2D eigenvalue weighted by molar-refractivity contribution is 6.11. The van der Waals surface area contributed by atoms with Gasteiger partial charge in [-0.15, -0.1) is 0 Å². The first-order valence-electron chi connectivity index (χ1n) is 8.93. The quantitative estimate of drug-likeness (QED) is 0.446. The highest BCUT2D eigenvalue weighted by Crippen LogP contribution is 2.29. The molecule has 0 saturated carbocycles. The average molecular weight is 416 g/mol. The van der Waals surface area contributed by atoms with Crippen LogP contribution >= 0.6 is 0 Å². The summed E-state index contributed by atoms with van der Waals surface area (Å²) in [5.74, 6) is 0.521. The molecule has 156 valence electrons. The molecule has 0 saturated heterocycles. The van der Waals surface area contributed by atoms with E-state index in [4.69, 9.17) is 9.68 Å². The zero-order valence-electron chi connectivity index (χ0n) is 16.3. The molecule has 1 aromatic heterocycles. The molecule has 3 rings (SSSR count). The Bertz CT molecular complexity index is 1040. The van der Waals surface area contributed by atoms with Gasteiger partial charge in [-0.2, -0.15) is 13.2 Å². The second-order valence-electron chi connectivity index (χ2n) is 6.25. The lowest BCUT2D eigenvalue weighted by atomic mass is 10.0. The monoisotopic (exact) mass is 416 g/mol. The first-order valence-corrected chi connectivity index (χ1v) is 8.93. The van der Waals surface area contributed by atoms with E-state index in [-0.39, 0.29) is 6.61 Å². The van der Waals surface area contributed by atoms with Crippen molar-refractivity contribution < 1.29 is 22.8 Å². The average Bonchev–Trinajstić information content (AvgIpc) is 3.26. The molecule has 0 spiro atoms. The summed E-state index contributed by atoms with van der Waals surface area (Å²) >= 11 is 0. The molecule has 30 heavy (non-hydrogen) atoms. The van der Waals surface area contributed by atoms with Gasteiger partial charge in [0.1, 0.15) is 13.7 Å². The molecule has 2 aromatic carbocycles. The zero-order chi connectivity index (χ0) is 21.6. The highest BCUT2D eigenvalue weighted by atomic mass is 19.4. The number of benzene rings is 2. The number of alkyl halides is 3. The number of aromatic amines is 1. The molecule has 6 nitrogen and oxygen atoms in total. The van der Waals surface area contributed by atoms with E-state index in [0.717, 1.165) is 23.3 Å². The van der Waals surface area contributed by atoms with Crippen molar-refractivity contribution in [2.24, 2.45) is 10.3 Å². The van der Waals surface area contributed by atoms with Crippen LogP contribution in [0.25, 0.3) is 0 Å². The molecule has 1 N–H and O–H groups in total. The highest BCUT2D eigenvalue weighted by Gasteiger charge is 2.30. The van der Waals surface area contributed by atoms with E-state index in [0.29, 0.717) is 22.8 Å². The van der Waals surface area contributed by atoms with Gasteiger partial charge >= 0.3 is 6.18 Å². The summed E-state index contributed by atoms with van der Waals surface area (Å²) in [4.78, 5) is 17.6. The largest absolute Gasteiger partial charge is 0.416 e. The Balaban J connectivity index is 1.80. The summed E-state index contributed by atoms with van der Waals surface area (Å²) in [5.41, 5.74) is 1.89. The molecule has 0 atom stereocenters. The topological polar surface area (TPSA) is 71.9 Å². The van der Waals surface area contributed by atoms with E-state index in [9.17, 15) is 13.2 Å². The summed E-state index contributed by atoms with van der Waals surface area (Å²) in [6, 6.07) is 12.3. The Labute approximate surface area is 171 Å². The molecule has 0 unspecified atom stereocenters. The second-order valence-corrected chi connectivity index (χ2v) is 6.25. The van der Waals surface area contributed by atoms with Crippen LogP contribution in [0.15, 0.2) is 71.2 Å². The second kappa shape index (κ2) is 9.25. The smallest absolute Gasteiger partial charge is 0.399 e. The van der Waals surface area contributed by atoms with E-state index >= 15 is 0 Å². The minimum atomic E-state index is -4.42. The molecule has 0 aliphatic carbocycles. The molecule has 0 aliphatic heterocycles. The van der Waals surface area contributed by atoms with Gasteiger partial charge in [-0.25, -0.2) is 4.98 Å². The Hall–Kier alpha value is -3.62. The Morgan fingerprint density at radius 2 is 1.90 bits per heavy atom. The number of oxime groups is 2. The summed E-state index contributed by atoms with van der Waals surface area (Å²) in [6.45, 7) is 1.66. The van der Waals surface area contributed by atoms with Gasteiger partial charge < -0.3 is 14.7 Å². The van der Waals surface area contributed by atoms with Gasteiger partial charge in [-0.1, -0.05) is 46.7 Å². The number of imidazole rings is 1. The SMILES string of the molecule is CON=C(c1ncc[nH]1)c1ccccc1CON=C(C)c1cccc(C(F)(F)F)c1. The van der Waals surface area contributed by atoms with Gasteiger partial charge in [-0.05, 0) is 24.6 Å². The van der Waals surface area contributed by atoms with Crippen LogP contribution in [0.5, 0.6) is 0 Å². The van der Waals surface area contributed by atoms with E-state index in [1.807, 2.05) is 24.3 Å². The summed E-state index contributed by atoms with van der Waals surface area (Å²) in [7, 11) is 1.44. The van der Waals surface area contributed by atoms with Crippen molar-refractivity contribution in [1.29, 1.82) is 0 Å². The minimum Gasteiger partial charge on any atom is -0.399 e. The predicted octanol–water partition coefficient (Wildman–Crippen LogP) is 4.77. The van der Waals surface area contributed by atoms with E-state index in [1.54, 1.807) is 25.4 Å². The normalized spacial score (nSPS) is 12.7. The van der Waals surface area contributed by atoms with Crippen LogP contribution in [-0.4, -0.2) is 28.5 Å². The first-order chi connectivity index (χ1) is 14.4. The first kappa shape index (κ1) is 21.1. The molecule has 1 heterocycles. The summed E-state index contributed by atoms with van der Waals surface area (Å²) < 4.78 is 38.7. The molecule has 0 radical (unpaired) electrons. The minimum absolute atomic E-state index is 0.0793. The number of H-pyrrole nitrogens is 1. The number of aromatic nitrogens is 2. The molecule has 0 fully saturated rings. The van der Waals surface area contributed by atoms with Crippen molar-refractivity contribution >= 4 is 11.4 Å². The molecular formula is C21H19F3N4O2. The van der Waals surface area contributed by atoms with E-state index < -0.39 is 11.7 Å². The van der Waals surface area contributed by atoms with Crippen molar-refractivity contribution in [3.05, 3.63) is 89.0 Å². The van der Waals surface area contributed by atoms with Crippen LogP contribution in [0.3, 0.4) is 0 Å². The number of halogens is 3. The fourth-order valence-corrected chi connectivity index (χ4v) is 2.76. The van der Waals surface area contributed by atoms with Crippen LogP contribution in [0.2, 0.25) is 0 Å². The van der Waals surface area contributed by atoms with Gasteiger partial charge in [0.2, 0.25) is 0 Å². The van der Waals surface area contributed by atoms with Gasteiger partial charge in [0, 0.05) is 23.5 Å². The van der Waals surface area contributed by atoms with Crippen LogP contribution in [0.1, 0.15) is 35.0 Å². The molecule has 0 amide bonds. The van der Waals surface area contributed by atoms with Crippen LogP contribution in [-0.2, 0) is 22.5 Å². The molecule has 9 heteroatoms. The van der Waals surface area contributed by atoms with Crippen molar-refractivity contribution in [3.8, 4) is 0 Å². The third kappa shape index (κ3) is 5.05. The fourth-order valence-electron chi connectivity index (χ4n) is 2.76. The third-order valence-corrected chi connectivity index (χ3v) is 4.21. The molecule has 0 aliphatic rings. The van der Waals surface area contributed by atoms with Crippen molar-refractivity contribution in [3.63, 3.8) is 0 Å². The number of hydrogen-bond acceptors (Lipinski definition) is 5.